The van der Waals surface area contributed by atoms with Crippen LogP contribution in [0.4, 0.5) is 0 Å². The highest BCUT2D eigenvalue weighted by Crippen LogP contribution is 2.38. The Labute approximate surface area is 74.5 Å². The van der Waals surface area contributed by atoms with Crippen molar-refractivity contribution in [2.45, 2.75) is 51.4 Å². The quantitative estimate of drug-likeness (QED) is 0.540. The molecule has 2 aliphatic carbocycles. The van der Waals surface area contributed by atoms with E-state index >= 15 is 0 Å². The number of hydrogen-bond acceptors (Lipinski definition) is 1. The summed E-state index contributed by atoms with van der Waals surface area (Å²) in [6.45, 7) is 0. The van der Waals surface area contributed by atoms with Crippen LogP contribution in [0.3, 0.4) is 0 Å². The molecule has 0 N–H and O–H groups in total. The molecule has 0 radical (unpaired) electrons. The van der Waals surface area contributed by atoms with Gasteiger partial charge in [-0.1, -0.05) is 25.7 Å². The van der Waals surface area contributed by atoms with E-state index < -0.39 is 0 Å². The zero-order valence-corrected chi connectivity index (χ0v) is 7.72. The van der Waals surface area contributed by atoms with Crippen LogP contribution < -0.4 is 0 Å². The maximum absolute atomic E-state index is 11.2. The van der Waals surface area contributed by atoms with Gasteiger partial charge in [0.1, 0.15) is 5.78 Å². The fourth-order valence-corrected chi connectivity index (χ4v) is 2.84. The molecule has 0 aromatic heterocycles. The third-order valence-electron chi connectivity index (χ3n) is 3.55. The van der Waals surface area contributed by atoms with E-state index in [-0.39, 0.29) is 0 Å². The van der Waals surface area contributed by atoms with Gasteiger partial charge in [-0.25, -0.2) is 0 Å². The summed E-state index contributed by atoms with van der Waals surface area (Å²) >= 11 is 0. The number of fused-ring (bicyclic) bond motifs is 1. The molecule has 2 saturated carbocycles. The molecule has 0 amide bonds. The summed E-state index contributed by atoms with van der Waals surface area (Å²) in [7, 11) is 0. The predicted octanol–water partition coefficient (Wildman–Crippen LogP) is 2.94. The van der Waals surface area contributed by atoms with Gasteiger partial charge in [-0.15, -0.1) is 0 Å². The first-order valence-electron chi connectivity index (χ1n) is 5.38. The number of ketones is 1. The highest BCUT2D eigenvalue weighted by molar-refractivity contribution is 5.81. The van der Waals surface area contributed by atoms with Gasteiger partial charge in [0.15, 0.2) is 0 Å². The van der Waals surface area contributed by atoms with Gasteiger partial charge in [-0.2, -0.15) is 0 Å². The molecule has 2 rings (SSSR count). The van der Waals surface area contributed by atoms with Crippen molar-refractivity contribution in [1.29, 1.82) is 0 Å². The predicted molar refractivity (Wildman–Crippen MR) is 48.9 cm³/mol. The first-order valence-corrected chi connectivity index (χ1v) is 5.38. The van der Waals surface area contributed by atoms with Crippen LogP contribution in [0.2, 0.25) is 0 Å². The van der Waals surface area contributed by atoms with Gasteiger partial charge in [0.2, 0.25) is 0 Å². The average molecular weight is 166 g/mol. The molecule has 2 unspecified atom stereocenters. The van der Waals surface area contributed by atoms with Gasteiger partial charge >= 0.3 is 0 Å². The molecule has 0 aliphatic heterocycles. The Morgan fingerprint density at radius 1 is 0.833 bits per heavy atom. The van der Waals surface area contributed by atoms with E-state index in [1.165, 1.54) is 38.5 Å². The van der Waals surface area contributed by atoms with Crippen LogP contribution in [0.25, 0.3) is 0 Å². The molecule has 68 valence electrons. The van der Waals surface area contributed by atoms with Crippen molar-refractivity contribution in [3.63, 3.8) is 0 Å². The first-order chi connectivity index (χ1) is 5.86. The molecule has 0 aromatic carbocycles. The second-order valence-corrected chi connectivity index (χ2v) is 4.46. The minimum atomic E-state index is 0.534. The minimum Gasteiger partial charge on any atom is -0.300 e. The molecule has 12 heavy (non-hydrogen) atoms. The Kier molecular flexibility index (Phi) is 2.48. The first kappa shape index (κ1) is 8.28. The van der Waals surface area contributed by atoms with Gasteiger partial charge in [0.25, 0.3) is 0 Å². The molecular weight excluding hydrogens is 148 g/mol. The summed E-state index contributed by atoms with van der Waals surface area (Å²) in [4.78, 5) is 11.2. The fraction of sp³-hybridized carbons (Fsp3) is 0.909. The Hall–Kier alpha value is -0.330. The lowest BCUT2D eigenvalue weighted by Crippen LogP contribution is -2.09. The van der Waals surface area contributed by atoms with Crippen molar-refractivity contribution in [2.24, 2.45) is 11.8 Å². The van der Waals surface area contributed by atoms with Gasteiger partial charge in [-0.3, -0.25) is 4.79 Å². The van der Waals surface area contributed by atoms with Gasteiger partial charge in [0.05, 0.1) is 0 Å². The van der Waals surface area contributed by atoms with Crippen molar-refractivity contribution in [2.75, 3.05) is 0 Å². The van der Waals surface area contributed by atoms with Gasteiger partial charge in [-0.05, 0) is 24.7 Å². The van der Waals surface area contributed by atoms with Crippen LogP contribution in [0.15, 0.2) is 0 Å². The van der Waals surface area contributed by atoms with E-state index in [4.69, 9.17) is 0 Å². The molecule has 2 fully saturated rings. The molecule has 2 atom stereocenters. The zero-order chi connectivity index (χ0) is 8.39. The summed E-state index contributed by atoms with van der Waals surface area (Å²) in [5.41, 5.74) is 0. The molecule has 0 heterocycles. The Morgan fingerprint density at radius 3 is 1.83 bits per heavy atom. The van der Waals surface area contributed by atoms with E-state index in [2.05, 4.69) is 0 Å². The smallest absolute Gasteiger partial charge is 0.133 e. The lowest BCUT2D eigenvalue weighted by molar-refractivity contribution is -0.117. The molecule has 1 nitrogen and oxygen atoms in total. The number of carbonyl (C=O) groups is 1. The fourth-order valence-electron chi connectivity index (χ4n) is 2.84. The van der Waals surface area contributed by atoms with E-state index in [0.29, 0.717) is 5.78 Å². The van der Waals surface area contributed by atoms with Gasteiger partial charge in [0, 0.05) is 12.8 Å². The Balaban J connectivity index is 1.96. The van der Waals surface area contributed by atoms with E-state index in [9.17, 15) is 4.79 Å². The summed E-state index contributed by atoms with van der Waals surface area (Å²) < 4.78 is 0. The van der Waals surface area contributed by atoms with Crippen LogP contribution in [0.1, 0.15) is 51.4 Å². The molecule has 0 aromatic rings. The van der Waals surface area contributed by atoms with Crippen molar-refractivity contribution >= 4 is 5.78 Å². The number of Topliss-reactive ketones (excluding diaryl/α,β-unsaturated/α-hetero) is 1. The summed E-state index contributed by atoms with van der Waals surface area (Å²) in [6, 6.07) is 0. The maximum Gasteiger partial charge on any atom is 0.133 e. The van der Waals surface area contributed by atoms with Crippen LogP contribution in [-0.4, -0.2) is 5.78 Å². The van der Waals surface area contributed by atoms with Crippen LogP contribution in [0.5, 0.6) is 0 Å². The topological polar surface area (TPSA) is 17.1 Å². The maximum atomic E-state index is 11.2. The average Bonchev–Trinajstić information content (AvgIpc) is 2.32. The second kappa shape index (κ2) is 3.59. The third kappa shape index (κ3) is 1.70. The van der Waals surface area contributed by atoms with Gasteiger partial charge < -0.3 is 0 Å². The molecule has 0 spiro atoms. The highest BCUT2D eigenvalue weighted by atomic mass is 16.1. The van der Waals surface area contributed by atoms with Crippen molar-refractivity contribution in [3.8, 4) is 0 Å². The molecule has 1 heteroatoms. The highest BCUT2D eigenvalue weighted by Gasteiger charge is 2.32. The Bertz CT molecular complexity index is 156. The van der Waals surface area contributed by atoms with Crippen LogP contribution >= 0.6 is 0 Å². The van der Waals surface area contributed by atoms with E-state index in [1.807, 2.05) is 0 Å². The number of hydrogen-bond donors (Lipinski definition) is 0. The van der Waals surface area contributed by atoms with Crippen molar-refractivity contribution in [1.82, 2.24) is 0 Å². The summed E-state index contributed by atoms with van der Waals surface area (Å²) in [6.07, 6.45) is 10.0. The standard InChI is InChI=1S/C11H18O/c12-11-7-9-5-3-1-2-4-6-10(9)8-11/h9-10H,1-8H2. The third-order valence-corrected chi connectivity index (χ3v) is 3.55. The normalized spacial score (nSPS) is 37.2. The minimum absolute atomic E-state index is 0.534. The van der Waals surface area contributed by atoms with E-state index in [0.717, 1.165) is 24.7 Å². The SMILES string of the molecule is O=C1CC2CCCCCCC2C1. The van der Waals surface area contributed by atoms with Crippen molar-refractivity contribution < 1.29 is 4.79 Å². The molecule has 0 saturated heterocycles. The Morgan fingerprint density at radius 2 is 1.33 bits per heavy atom. The lowest BCUT2D eigenvalue weighted by atomic mass is 9.84. The second-order valence-electron chi connectivity index (χ2n) is 4.46. The largest absolute Gasteiger partial charge is 0.300 e. The molecule has 2 aliphatic rings. The molecule has 0 bridgehead atoms. The van der Waals surface area contributed by atoms with Crippen molar-refractivity contribution in [3.05, 3.63) is 0 Å². The molecular formula is C11H18O. The number of rotatable bonds is 0. The van der Waals surface area contributed by atoms with Crippen LogP contribution in [0, 0.1) is 11.8 Å². The summed E-state index contributed by atoms with van der Waals surface area (Å²) in [5, 5.41) is 0. The number of carbonyl (C=O) groups excluding carboxylic acids is 1. The van der Waals surface area contributed by atoms with E-state index in [1.54, 1.807) is 0 Å². The monoisotopic (exact) mass is 166 g/mol. The lowest BCUT2D eigenvalue weighted by Gasteiger charge is -2.21. The zero-order valence-electron chi connectivity index (χ0n) is 7.72. The van der Waals surface area contributed by atoms with Crippen LogP contribution in [-0.2, 0) is 4.79 Å². The summed E-state index contributed by atoms with van der Waals surface area (Å²) in [5.74, 6) is 2.09.